The minimum atomic E-state index is 0.612. The van der Waals surface area contributed by atoms with Gasteiger partial charge in [-0.3, -0.25) is 4.98 Å². The number of quaternary nitrogens is 1. The summed E-state index contributed by atoms with van der Waals surface area (Å²) in [5.74, 6) is 0. The maximum atomic E-state index is 4.44. The number of rotatable bonds is 1. The van der Waals surface area contributed by atoms with Crippen LogP contribution in [0.25, 0.3) is 0 Å². The Labute approximate surface area is 79.8 Å². The van der Waals surface area contributed by atoms with Crippen molar-refractivity contribution in [1.82, 2.24) is 4.98 Å². The maximum Gasteiger partial charge on any atom is 0.132 e. The van der Waals surface area contributed by atoms with E-state index >= 15 is 0 Å². The van der Waals surface area contributed by atoms with Crippen molar-refractivity contribution in [2.24, 2.45) is 0 Å². The van der Waals surface area contributed by atoms with Gasteiger partial charge in [-0.2, -0.15) is 0 Å². The van der Waals surface area contributed by atoms with Crippen molar-refractivity contribution in [1.29, 1.82) is 0 Å². The molecule has 2 rings (SSSR count). The summed E-state index contributed by atoms with van der Waals surface area (Å²) in [7, 11) is 4.60. The van der Waals surface area contributed by atoms with E-state index in [-0.39, 0.29) is 0 Å². The molecule has 1 atom stereocenters. The summed E-state index contributed by atoms with van der Waals surface area (Å²) < 4.78 is 1.09. The fourth-order valence-corrected chi connectivity index (χ4v) is 2.28. The van der Waals surface area contributed by atoms with E-state index < -0.39 is 0 Å². The van der Waals surface area contributed by atoms with Gasteiger partial charge < -0.3 is 4.48 Å². The molecule has 0 N–H and O–H groups in total. The highest BCUT2D eigenvalue weighted by atomic mass is 15.4. The second kappa shape index (κ2) is 3.11. The van der Waals surface area contributed by atoms with Gasteiger partial charge in [-0.1, -0.05) is 6.07 Å². The summed E-state index contributed by atoms with van der Waals surface area (Å²) >= 11 is 0. The highest BCUT2D eigenvalue weighted by molar-refractivity contribution is 5.07. The van der Waals surface area contributed by atoms with Crippen LogP contribution in [0.4, 0.5) is 0 Å². The third-order valence-corrected chi connectivity index (χ3v) is 3.08. The van der Waals surface area contributed by atoms with Gasteiger partial charge in [-0.15, -0.1) is 0 Å². The van der Waals surface area contributed by atoms with Gasteiger partial charge in [-0.05, 0) is 12.1 Å². The molecule has 0 spiro atoms. The first-order chi connectivity index (χ1) is 6.20. The highest BCUT2D eigenvalue weighted by Crippen LogP contribution is 2.34. The van der Waals surface area contributed by atoms with Crippen LogP contribution in [0, 0.1) is 0 Å². The lowest BCUT2D eigenvalue weighted by molar-refractivity contribution is -0.908. The summed E-state index contributed by atoms with van der Waals surface area (Å²) in [5.41, 5.74) is 1.25. The first kappa shape index (κ1) is 8.70. The zero-order chi connectivity index (χ0) is 9.31. The molecular formula is C11H17N2+. The fourth-order valence-electron chi connectivity index (χ4n) is 2.28. The van der Waals surface area contributed by atoms with Gasteiger partial charge in [-0.25, -0.2) is 0 Å². The molecular weight excluding hydrogens is 160 g/mol. The summed E-state index contributed by atoms with van der Waals surface area (Å²) in [5, 5.41) is 0. The van der Waals surface area contributed by atoms with Crippen molar-refractivity contribution in [2.75, 3.05) is 20.6 Å². The average Bonchev–Trinajstić information content (AvgIpc) is 2.47. The predicted octanol–water partition coefficient (Wildman–Crippen LogP) is 1.99. The van der Waals surface area contributed by atoms with Gasteiger partial charge >= 0.3 is 0 Å². The van der Waals surface area contributed by atoms with Gasteiger partial charge in [0.15, 0.2) is 0 Å². The molecule has 0 unspecified atom stereocenters. The molecule has 0 aromatic carbocycles. The molecule has 1 aliphatic rings. The second-order valence-electron chi connectivity index (χ2n) is 4.41. The van der Waals surface area contributed by atoms with Crippen molar-refractivity contribution in [3.05, 3.63) is 30.1 Å². The molecule has 0 amide bonds. The third-order valence-electron chi connectivity index (χ3n) is 3.08. The molecule has 2 heteroatoms. The zero-order valence-electron chi connectivity index (χ0n) is 8.40. The van der Waals surface area contributed by atoms with E-state index in [4.69, 9.17) is 0 Å². The van der Waals surface area contributed by atoms with E-state index in [9.17, 15) is 0 Å². The van der Waals surface area contributed by atoms with Crippen LogP contribution < -0.4 is 0 Å². The van der Waals surface area contributed by atoms with E-state index in [1.54, 1.807) is 0 Å². The van der Waals surface area contributed by atoms with Crippen molar-refractivity contribution < 1.29 is 4.48 Å². The third kappa shape index (κ3) is 1.59. The Morgan fingerprint density at radius 1 is 1.38 bits per heavy atom. The lowest BCUT2D eigenvalue weighted by atomic mass is 10.1. The molecule has 13 heavy (non-hydrogen) atoms. The Bertz CT molecular complexity index is 279. The lowest BCUT2D eigenvalue weighted by Gasteiger charge is -2.30. The van der Waals surface area contributed by atoms with Crippen LogP contribution >= 0.6 is 0 Å². The SMILES string of the molecule is C[N+]1(C)CCC[C@H]1c1ccccn1. The highest BCUT2D eigenvalue weighted by Gasteiger charge is 2.35. The molecule has 1 fully saturated rings. The average molecular weight is 177 g/mol. The second-order valence-corrected chi connectivity index (χ2v) is 4.41. The molecule has 70 valence electrons. The van der Waals surface area contributed by atoms with Crippen molar-refractivity contribution >= 4 is 0 Å². The van der Waals surface area contributed by atoms with Gasteiger partial charge in [0.1, 0.15) is 6.04 Å². The number of likely N-dealkylation sites (tertiary alicyclic amines) is 1. The Morgan fingerprint density at radius 2 is 2.23 bits per heavy atom. The van der Waals surface area contributed by atoms with Crippen LogP contribution in [-0.4, -0.2) is 30.1 Å². The number of hydrogen-bond donors (Lipinski definition) is 0. The van der Waals surface area contributed by atoms with E-state index in [0.29, 0.717) is 6.04 Å². The zero-order valence-corrected chi connectivity index (χ0v) is 8.40. The van der Waals surface area contributed by atoms with Crippen LogP contribution in [0.5, 0.6) is 0 Å². The Hall–Kier alpha value is -0.890. The minimum absolute atomic E-state index is 0.612. The molecule has 1 saturated heterocycles. The summed E-state index contributed by atoms with van der Waals surface area (Å²) in [6, 6.07) is 6.83. The summed E-state index contributed by atoms with van der Waals surface area (Å²) in [6.45, 7) is 1.28. The first-order valence-corrected chi connectivity index (χ1v) is 4.94. The van der Waals surface area contributed by atoms with Crippen LogP contribution in [0.15, 0.2) is 24.4 Å². The molecule has 0 aliphatic carbocycles. The fraction of sp³-hybridized carbons (Fsp3) is 0.545. The standard InChI is InChI=1S/C11H17N2/c1-13(2)9-5-7-11(13)10-6-3-4-8-12-10/h3-4,6,8,11H,5,7,9H2,1-2H3/q+1/t11-/m0/s1. The molecule has 0 bridgehead atoms. The largest absolute Gasteiger partial charge is 0.321 e. The molecule has 2 nitrogen and oxygen atoms in total. The van der Waals surface area contributed by atoms with E-state index in [0.717, 1.165) is 4.48 Å². The predicted molar refractivity (Wildman–Crippen MR) is 53.2 cm³/mol. The number of hydrogen-bond acceptors (Lipinski definition) is 1. The number of aromatic nitrogens is 1. The van der Waals surface area contributed by atoms with Crippen LogP contribution in [0.3, 0.4) is 0 Å². The Kier molecular flexibility index (Phi) is 2.08. The molecule has 1 aromatic heterocycles. The van der Waals surface area contributed by atoms with Gasteiger partial charge in [0, 0.05) is 19.0 Å². The quantitative estimate of drug-likeness (QED) is 0.598. The summed E-state index contributed by atoms with van der Waals surface area (Å²) in [6.07, 6.45) is 4.51. The van der Waals surface area contributed by atoms with Crippen molar-refractivity contribution in [3.8, 4) is 0 Å². The number of pyridine rings is 1. The van der Waals surface area contributed by atoms with Gasteiger partial charge in [0.05, 0.1) is 26.3 Å². The molecule has 1 aliphatic heterocycles. The molecule has 0 saturated carbocycles. The van der Waals surface area contributed by atoms with Crippen molar-refractivity contribution in [2.45, 2.75) is 18.9 Å². The van der Waals surface area contributed by atoms with Crippen LogP contribution in [0.2, 0.25) is 0 Å². The monoisotopic (exact) mass is 177 g/mol. The topological polar surface area (TPSA) is 12.9 Å². The molecule has 2 heterocycles. The van der Waals surface area contributed by atoms with Crippen molar-refractivity contribution in [3.63, 3.8) is 0 Å². The molecule has 1 aromatic rings. The summed E-state index contributed by atoms with van der Waals surface area (Å²) in [4.78, 5) is 4.44. The van der Waals surface area contributed by atoms with E-state index in [2.05, 4.69) is 31.2 Å². The van der Waals surface area contributed by atoms with E-state index in [1.165, 1.54) is 25.1 Å². The van der Waals surface area contributed by atoms with Gasteiger partial charge in [0.25, 0.3) is 0 Å². The van der Waals surface area contributed by atoms with Crippen LogP contribution in [0.1, 0.15) is 24.6 Å². The van der Waals surface area contributed by atoms with Gasteiger partial charge in [0.2, 0.25) is 0 Å². The van der Waals surface area contributed by atoms with E-state index in [1.807, 2.05) is 12.3 Å². The normalized spacial score (nSPS) is 26.2. The Morgan fingerprint density at radius 3 is 2.77 bits per heavy atom. The smallest absolute Gasteiger partial charge is 0.132 e. The first-order valence-electron chi connectivity index (χ1n) is 4.94. The lowest BCUT2D eigenvalue weighted by Crippen LogP contribution is -2.38. The molecule has 0 radical (unpaired) electrons. The maximum absolute atomic E-state index is 4.44. The Balaban J connectivity index is 2.27. The number of nitrogens with zero attached hydrogens (tertiary/aromatic N) is 2. The van der Waals surface area contributed by atoms with Crippen LogP contribution in [-0.2, 0) is 0 Å². The minimum Gasteiger partial charge on any atom is -0.321 e.